The van der Waals surface area contributed by atoms with Crippen molar-refractivity contribution in [2.75, 3.05) is 36.6 Å². The smallest absolute Gasteiger partial charge is 0.335 e. The number of ketones is 1. The molecule has 3 aromatic carbocycles. The highest BCUT2D eigenvalue weighted by Gasteiger charge is 2.36. The van der Waals surface area contributed by atoms with Crippen molar-refractivity contribution in [1.29, 1.82) is 0 Å². The van der Waals surface area contributed by atoms with Gasteiger partial charge in [-0.05, 0) is 66.7 Å². The summed E-state index contributed by atoms with van der Waals surface area (Å²) in [4.78, 5) is 34.0. The number of pyridine rings is 1. The van der Waals surface area contributed by atoms with Crippen LogP contribution in [0.5, 0.6) is 0 Å². The van der Waals surface area contributed by atoms with Crippen LogP contribution in [-0.4, -0.2) is 48.6 Å². The highest BCUT2D eigenvalue weighted by molar-refractivity contribution is 6.30. The molecule has 2 heterocycles. The Balaban J connectivity index is 1.48. The average Bonchev–Trinajstić information content (AvgIpc) is 2.95. The van der Waals surface area contributed by atoms with E-state index in [1.807, 2.05) is 77.5 Å². The van der Waals surface area contributed by atoms with E-state index < -0.39 is 5.97 Å². The molecule has 7 nitrogen and oxygen atoms in total. The van der Waals surface area contributed by atoms with E-state index in [2.05, 4.69) is 11.9 Å². The number of hydrogen-bond donors (Lipinski definition) is 1. The summed E-state index contributed by atoms with van der Waals surface area (Å²) in [6.07, 6.45) is 1.62. The van der Waals surface area contributed by atoms with Crippen LogP contribution < -0.4 is 9.80 Å². The Kier molecular flexibility index (Phi) is 7.37. The number of para-hydroxylation sites is 1. The first-order chi connectivity index (χ1) is 18.7. The first kappa shape index (κ1) is 26.4. The van der Waals surface area contributed by atoms with E-state index in [-0.39, 0.29) is 28.0 Å². The zero-order valence-corrected chi connectivity index (χ0v) is 22.4. The summed E-state index contributed by atoms with van der Waals surface area (Å²) in [6, 6.07) is 25.3. The molecule has 5 rings (SSSR count). The van der Waals surface area contributed by atoms with Gasteiger partial charge in [-0.25, -0.2) is 4.79 Å². The molecule has 4 aromatic rings. The van der Waals surface area contributed by atoms with E-state index in [0.717, 1.165) is 17.1 Å². The summed E-state index contributed by atoms with van der Waals surface area (Å²) >= 11 is 6.00. The molecule has 0 spiro atoms. The van der Waals surface area contributed by atoms with Gasteiger partial charge >= 0.3 is 5.97 Å². The minimum atomic E-state index is -1.11. The number of carboxylic acid groups (broad SMARTS) is 1. The fourth-order valence-corrected chi connectivity index (χ4v) is 4.69. The van der Waals surface area contributed by atoms with E-state index in [1.165, 1.54) is 6.07 Å². The van der Waals surface area contributed by atoms with Crippen LogP contribution in [0, 0.1) is 5.41 Å². The second-order valence-corrected chi connectivity index (χ2v) is 10.5. The number of hydrogen-bond acceptors (Lipinski definition) is 6. The van der Waals surface area contributed by atoms with E-state index in [1.54, 1.807) is 24.4 Å². The van der Waals surface area contributed by atoms with E-state index >= 15 is 0 Å². The van der Waals surface area contributed by atoms with Crippen LogP contribution in [0.2, 0.25) is 5.02 Å². The van der Waals surface area contributed by atoms with Gasteiger partial charge in [-0.2, -0.15) is 0 Å². The summed E-state index contributed by atoms with van der Waals surface area (Å²) in [5, 5.41) is 10.5. The number of carbonyl (C=O) groups is 2. The molecule has 0 aliphatic carbocycles. The van der Waals surface area contributed by atoms with Crippen LogP contribution in [0.25, 0.3) is 0 Å². The lowest BCUT2D eigenvalue weighted by molar-refractivity contribution is -0.0946. The van der Waals surface area contributed by atoms with Gasteiger partial charge in [0.2, 0.25) is 5.78 Å². The lowest BCUT2D eigenvalue weighted by Crippen LogP contribution is -2.47. The highest BCUT2D eigenvalue weighted by Crippen LogP contribution is 2.35. The van der Waals surface area contributed by atoms with Crippen molar-refractivity contribution < 1.29 is 19.4 Å². The molecule has 0 unspecified atom stereocenters. The van der Waals surface area contributed by atoms with Gasteiger partial charge in [-0.15, -0.1) is 0 Å². The number of aromatic carboxylic acids is 1. The molecule has 1 saturated heterocycles. The fraction of sp³-hybridized carbons (Fsp3) is 0.194. The number of aromatic nitrogens is 1. The molecule has 198 valence electrons. The number of carboxylic acids is 1. The molecule has 1 N–H and O–H groups in total. The van der Waals surface area contributed by atoms with Crippen LogP contribution in [0.15, 0.2) is 91.1 Å². The third-order valence-electron chi connectivity index (χ3n) is 6.83. The molecule has 0 amide bonds. The van der Waals surface area contributed by atoms with Gasteiger partial charge in [0.05, 0.1) is 30.7 Å². The summed E-state index contributed by atoms with van der Waals surface area (Å²) in [7, 11) is 1.90. The first-order valence-corrected chi connectivity index (χ1v) is 12.9. The van der Waals surface area contributed by atoms with Gasteiger partial charge in [0.15, 0.2) is 0 Å². The maximum absolute atomic E-state index is 13.6. The fourth-order valence-electron chi connectivity index (χ4n) is 4.57. The number of rotatable bonds is 9. The normalized spacial score (nSPS) is 13.8. The second-order valence-electron chi connectivity index (χ2n) is 10.1. The molecule has 1 aliphatic rings. The predicted molar refractivity (Wildman–Crippen MR) is 153 cm³/mol. The highest BCUT2D eigenvalue weighted by atomic mass is 35.5. The largest absolute Gasteiger partial charge is 0.478 e. The summed E-state index contributed by atoms with van der Waals surface area (Å²) in [5.41, 5.74) is 3.66. The lowest BCUT2D eigenvalue weighted by Gasteiger charge is -2.42. The number of benzene rings is 3. The van der Waals surface area contributed by atoms with Crippen molar-refractivity contribution in [3.05, 3.63) is 113 Å². The zero-order chi connectivity index (χ0) is 27.6. The summed E-state index contributed by atoms with van der Waals surface area (Å²) in [5.74, 6) is -1.46. The van der Waals surface area contributed by atoms with E-state index in [9.17, 15) is 14.7 Å². The molecular formula is C31H28ClN3O4. The maximum Gasteiger partial charge on any atom is 0.335 e. The van der Waals surface area contributed by atoms with Crippen molar-refractivity contribution in [2.24, 2.45) is 5.41 Å². The third-order valence-corrected chi connectivity index (χ3v) is 7.08. The zero-order valence-electron chi connectivity index (χ0n) is 21.7. The Labute approximate surface area is 232 Å². The molecular weight excluding hydrogens is 514 g/mol. The minimum Gasteiger partial charge on any atom is -0.478 e. The first-order valence-electron chi connectivity index (χ1n) is 12.5. The Morgan fingerprint density at radius 1 is 0.897 bits per heavy atom. The Morgan fingerprint density at radius 3 is 2.15 bits per heavy atom. The van der Waals surface area contributed by atoms with E-state index in [0.29, 0.717) is 30.5 Å². The van der Waals surface area contributed by atoms with Crippen molar-refractivity contribution in [3.8, 4) is 0 Å². The number of halogens is 1. The van der Waals surface area contributed by atoms with Crippen molar-refractivity contribution in [1.82, 2.24) is 4.98 Å². The van der Waals surface area contributed by atoms with Crippen LogP contribution in [0.3, 0.4) is 0 Å². The summed E-state index contributed by atoms with van der Waals surface area (Å²) < 4.78 is 5.46. The van der Waals surface area contributed by atoms with Crippen LogP contribution in [-0.2, 0) is 4.74 Å². The van der Waals surface area contributed by atoms with Gasteiger partial charge < -0.3 is 19.6 Å². The van der Waals surface area contributed by atoms with Gasteiger partial charge in [-0.3, -0.25) is 9.78 Å². The molecule has 0 bridgehead atoms. The number of anilines is 4. The number of nitrogens with zero attached hydrogens (tertiary/aromatic N) is 3. The number of carbonyl (C=O) groups excluding carboxylic acids is 1. The molecule has 0 radical (unpaired) electrons. The molecule has 1 aromatic heterocycles. The number of ether oxygens (including phenoxy) is 1. The third kappa shape index (κ3) is 5.79. The molecule has 0 atom stereocenters. The standard InChI is InChI=1S/C31H28ClN3O4/c1-31(19-39-20-31)18-35(25-6-4-3-5-7-25)27-15-21(14-22(16-27)30(37)38)29(36)28-13-12-26(17-33-28)34(2)24-10-8-23(32)9-11-24/h3-17H,18-20H2,1-2H3,(H,37,38). The lowest BCUT2D eigenvalue weighted by atomic mass is 9.87. The SMILES string of the molecule is CN(c1ccc(Cl)cc1)c1ccc(C(=O)c2cc(C(=O)O)cc(N(CC3(C)COC3)c3ccccc3)c2)nc1. The maximum atomic E-state index is 13.6. The topological polar surface area (TPSA) is 83.0 Å². The van der Waals surface area contributed by atoms with Gasteiger partial charge in [0, 0.05) is 46.7 Å². The Morgan fingerprint density at radius 2 is 1.56 bits per heavy atom. The van der Waals surface area contributed by atoms with Gasteiger partial charge in [-0.1, -0.05) is 36.7 Å². The van der Waals surface area contributed by atoms with Gasteiger partial charge in [0.1, 0.15) is 5.69 Å². The Hall–Kier alpha value is -4.20. The van der Waals surface area contributed by atoms with Crippen LogP contribution in [0.1, 0.15) is 33.3 Å². The van der Waals surface area contributed by atoms with Crippen LogP contribution in [0.4, 0.5) is 22.7 Å². The predicted octanol–water partition coefficient (Wildman–Crippen LogP) is 6.61. The van der Waals surface area contributed by atoms with Gasteiger partial charge in [0.25, 0.3) is 0 Å². The molecule has 0 saturated carbocycles. The summed E-state index contributed by atoms with van der Waals surface area (Å²) in [6.45, 7) is 3.97. The van der Waals surface area contributed by atoms with Crippen molar-refractivity contribution in [3.63, 3.8) is 0 Å². The second kappa shape index (κ2) is 10.9. The molecule has 39 heavy (non-hydrogen) atoms. The quantitative estimate of drug-likeness (QED) is 0.239. The minimum absolute atomic E-state index is 0.0332. The van der Waals surface area contributed by atoms with Crippen LogP contribution >= 0.6 is 11.6 Å². The Bertz CT molecular complexity index is 1490. The van der Waals surface area contributed by atoms with Crippen molar-refractivity contribution in [2.45, 2.75) is 6.92 Å². The molecule has 1 aliphatic heterocycles. The average molecular weight is 542 g/mol. The van der Waals surface area contributed by atoms with Crippen molar-refractivity contribution >= 4 is 46.1 Å². The van der Waals surface area contributed by atoms with E-state index in [4.69, 9.17) is 16.3 Å². The molecule has 1 fully saturated rings. The monoisotopic (exact) mass is 541 g/mol. The molecule has 8 heteroatoms.